The molecule has 0 bridgehead atoms. The van der Waals surface area contributed by atoms with Gasteiger partial charge in [0.1, 0.15) is 22.8 Å². The summed E-state index contributed by atoms with van der Waals surface area (Å²) in [6.07, 6.45) is 3.23. The molecule has 3 aromatic rings. The number of benzene rings is 2. The Morgan fingerprint density at radius 3 is 2.35 bits per heavy atom. The third-order valence-corrected chi connectivity index (χ3v) is 6.92. The molecular formula is C31H36N4O5. The molecule has 2 heterocycles. The summed E-state index contributed by atoms with van der Waals surface area (Å²) in [5.41, 5.74) is 4.30. The number of amides is 1. The minimum atomic E-state index is -0.459. The molecule has 0 aliphatic carbocycles. The molecule has 9 nitrogen and oxygen atoms in total. The monoisotopic (exact) mass is 544 g/mol. The third-order valence-electron chi connectivity index (χ3n) is 6.92. The van der Waals surface area contributed by atoms with E-state index in [0.29, 0.717) is 52.7 Å². The van der Waals surface area contributed by atoms with Crippen LogP contribution in [0.3, 0.4) is 0 Å². The first kappa shape index (κ1) is 28.6. The molecule has 1 aliphatic heterocycles. The van der Waals surface area contributed by atoms with Crippen LogP contribution >= 0.6 is 0 Å². The summed E-state index contributed by atoms with van der Waals surface area (Å²) in [4.78, 5) is 28.8. The lowest BCUT2D eigenvalue weighted by Crippen LogP contribution is -2.28. The number of carbonyl (C=O) groups is 1. The summed E-state index contributed by atoms with van der Waals surface area (Å²) < 4.78 is 11.2. The lowest BCUT2D eigenvalue weighted by Gasteiger charge is -2.19. The molecule has 9 heteroatoms. The second kappa shape index (κ2) is 13.1. The van der Waals surface area contributed by atoms with E-state index in [0.717, 1.165) is 24.8 Å². The molecule has 0 spiro atoms. The summed E-state index contributed by atoms with van der Waals surface area (Å²) in [6, 6.07) is 13.5. The van der Waals surface area contributed by atoms with Crippen molar-refractivity contribution >= 4 is 17.3 Å². The molecule has 0 saturated carbocycles. The highest BCUT2D eigenvalue weighted by Gasteiger charge is 2.28. The van der Waals surface area contributed by atoms with E-state index < -0.39 is 5.56 Å². The Bertz CT molecular complexity index is 1470. The number of hydrogen-bond acceptors (Lipinski definition) is 7. The highest BCUT2D eigenvalue weighted by molar-refractivity contribution is 6.19. The number of aromatic nitrogens is 1. The van der Waals surface area contributed by atoms with Gasteiger partial charge >= 0.3 is 0 Å². The third kappa shape index (κ3) is 6.42. The van der Waals surface area contributed by atoms with E-state index in [2.05, 4.69) is 39.6 Å². The van der Waals surface area contributed by atoms with Crippen molar-refractivity contribution in [1.82, 2.24) is 10.3 Å². The molecule has 0 radical (unpaired) electrons. The van der Waals surface area contributed by atoms with E-state index >= 15 is 0 Å². The highest BCUT2D eigenvalue weighted by atomic mass is 16.5. The predicted molar refractivity (Wildman–Crippen MR) is 157 cm³/mol. The largest absolute Gasteiger partial charge is 0.506 e. The molecule has 4 rings (SSSR count). The smallest absolute Gasteiger partial charge is 0.261 e. The van der Waals surface area contributed by atoms with Crippen LogP contribution in [-0.2, 0) is 17.6 Å². The number of aryl methyl sites for hydroxylation is 2. The van der Waals surface area contributed by atoms with Crippen molar-refractivity contribution in [2.45, 2.75) is 52.4 Å². The second-order valence-corrected chi connectivity index (χ2v) is 9.82. The first-order valence-corrected chi connectivity index (χ1v) is 13.5. The molecule has 1 aliphatic rings. The average molecular weight is 545 g/mol. The van der Waals surface area contributed by atoms with E-state index in [1.54, 1.807) is 32.4 Å². The molecule has 0 atom stereocenters. The first-order chi connectivity index (χ1) is 19.4. The summed E-state index contributed by atoms with van der Waals surface area (Å²) in [5, 5.41) is 22.8. The Morgan fingerprint density at radius 2 is 1.70 bits per heavy atom. The van der Waals surface area contributed by atoms with Crippen LogP contribution in [0.15, 0.2) is 57.5 Å². The number of H-pyrrole nitrogens is 1. The van der Waals surface area contributed by atoms with Crippen molar-refractivity contribution in [3.05, 3.63) is 75.2 Å². The van der Waals surface area contributed by atoms with Gasteiger partial charge in [-0.05, 0) is 43.9 Å². The lowest BCUT2D eigenvalue weighted by atomic mass is 9.93. The number of hydrogen-bond donors (Lipinski definition) is 3. The number of nitrogens with one attached hydrogen (secondary N) is 2. The molecule has 1 aromatic heterocycles. The second-order valence-electron chi connectivity index (χ2n) is 9.82. The minimum Gasteiger partial charge on any atom is -0.506 e. The zero-order valence-electron chi connectivity index (χ0n) is 23.5. The number of unbranched alkanes of at least 4 members (excludes halogenated alkanes) is 1. The Morgan fingerprint density at radius 1 is 1.00 bits per heavy atom. The topological polar surface area (TPSA) is 125 Å². The lowest BCUT2D eigenvalue weighted by molar-refractivity contribution is -0.119. The van der Waals surface area contributed by atoms with Gasteiger partial charge in [-0.1, -0.05) is 49.2 Å². The number of nitrogens with zero attached hydrogens (tertiary/aromatic N) is 2. The molecule has 2 aromatic carbocycles. The minimum absolute atomic E-state index is 0.0294. The fourth-order valence-electron chi connectivity index (χ4n) is 4.79. The van der Waals surface area contributed by atoms with E-state index in [4.69, 9.17) is 9.47 Å². The van der Waals surface area contributed by atoms with Crippen LogP contribution in [0.25, 0.3) is 11.1 Å². The van der Waals surface area contributed by atoms with Crippen molar-refractivity contribution in [2.75, 3.05) is 20.8 Å². The fraction of sp³-hybridized carbons (Fsp3) is 0.355. The van der Waals surface area contributed by atoms with E-state index in [-0.39, 0.29) is 30.1 Å². The Kier molecular flexibility index (Phi) is 9.37. The SMILES string of the molecule is CCCCc1[nH]c(=O)c(C2=NN=C(CC(=O)NCCc3ccc(C)cc3)C2)c(O)c1-c1c(OC)cccc1OC. The number of ether oxygens (including phenoxy) is 2. The van der Waals surface area contributed by atoms with Gasteiger partial charge in [0.25, 0.3) is 5.56 Å². The van der Waals surface area contributed by atoms with Gasteiger partial charge in [-0.15, -0.1) is 0 Å². The van der Waals surface area contributed by atoms with Crippen LogP contribution in [0, 0.1) is 6.92 Å². The van der Waals surface area contributed by atoms with E-state index in [1.165, 1.54) is 5.56 Å². The molecule has 40 heavy (non-hydrogen) atoms. The first-order valence-electron chi connectivity index (χ1n) is 13.5. The van der Waals surface area contributed by atoms with Crippen LogP contribution in [0.2, 0.25) is 0 Å². The van der Waals surface area contributed by atoms with Crippen LogP contribution in [0.1, 0.15) is 55.0 Å². The van der Waals surface area contributed by atoms with Gasteiger partial charge in [-0.25, -0.2) is 0 Å². The van der Waals surface area contributed by atoms with Gasteiger partial charge < -0.3 is 24.9 Å². The molecule has 0 unspecified atom stereocenters. The molecule has 0 saturated heterocycles. The van der Waals surface area contributed by atoms with Crippen LogP contribution in [-0.4, -0.2) is 48.2 Å². The zero-order chi connectivity index (χ0) is 28.6. The summed E-state index contributed by atoms with van der Waals surface area (Å²) >= 11 is 0. The quantitative estimate of drug-likeness (QED) is 0.304. The molecule has 0 fully saturated rings. The zero-order valence-corrected chi connectivity index (χ0v) is 23.5. The van der Waals surface area contributed by atoms with Gasteiger partial charge in [0, 0.05) is 18.7 Å². The van der Waals surface area contributed by atoms with E-state index in [1.807, 2.05) is 19.1 Å². The van der Waals surface area contributed by atoms with Crippen molar-refractivity contribution < 1.29 is 19.4 Å². The van der Waals surface area contributed by atoms with Crippen molar-refractivity contribution in [2.24, 2.45) is 10.2 Å². The normalized spacial score (nSPS) is 12.6. The van der Waals surface area contributed by atoms with Crippen molar-refractivity contribution in [3.63, 3.8) is 0 Å². The predicted octanol–water partition coefficient (Wildman–Crippen LogP) is 4.71. The number of methoxy groups -OCH3 is 2. The van der Waals surface area contributed by atoms with Crippen LogP contribution < -0.4 is 20.3 Å². The number of rotatable bonds is 12. The average Bonchev–Trinajstić information content (AvgIpc) is 3.40. The molecule has 3 N–H and O–H groups in total. The maximum absolute atomic E-state index is 13.2. The molecule has 210 valence electrons. The number of carbonyl (C=O) groups excluding carboxylic acids is 1. The summed E-state index contributed by atoms with van der Waals surface area (Å²) in [6.45, 7) is 4.60. The maximum atomic E-state index is 13.2. The molecular weight excluding hydrogens is 508 g/mol. The number of aromatic amines is 1. The van der Waals surface area contributed by atoms with Gasteiger partial charge in [-0.3, -0.25) is 9.59 Å². The Hall–Kier alpha value is -4.40. The van der Waals surface area contributed by atoms with E-state index in [9.17, 15) is 14.7 Å². The Labute approximate surface area is 234 Å². The summed E-state index contributed by atoms with van der Waals surface area (Å²) in [5.74, 6) is 0.612. The number of pyridine rings is 1. The highest BCUT2D eigenvalue weighted by Crippen LogP contribution is 2.45. The van der Waals surface area contributed by atoms with Crippen molar-refractivity contribution in [3.8, 4) is 28.4 Å². The Balaban J connectivity index is 1.54. The van der Waals surface area contributed by atoms with Gasteiger partial charge in [0.15, 0.2) is 0 Å². The van der Waals surface area contributed by atoms with Crippen molar-refractivity contribution in [1.29, 1.82) is 0 Å². The van der Waals surface area contributed by atoms with Gasteiger partial charge in [0.05, 0.1) is 43.2 Å². The summed E-state index contributed by atoms with van der Waals surface area (Å²) in [7, 11) is 3.08. The van der Waals surface area contributed by atoms with Gasteiger partial charge in [-0.2, -0.15) is 10.2 Å². The fourth-order valence-corrected chi connectivity index (χ4v) is 4.79. The number of aromatic hydroxyl groups is 1. The van der Waals surface area contributed by atoms with Crippen LogP contribution in [0.4, 0.5) is 0 Å². The van der Waals surface area contributed by atoms with Gasteiger partial charge in [0.2, 0.25) is 5.91 Å². The maximum Gasteiger partial charge on any atom is 0.261 e. The standard InChI is InChI=1S/C31H36N4O5/c1-5-6-8-22-27(29-24(39-3)9-7-10-25(29)40-4)30(37)28(31(38)33-22)23-17-21(34-35-23)18-26(36)32-16-15-20-13-11-19(2)12-14-20/h7,9-14H,5-6,8,15-18H2,1-4H3,(H,32,36)(H2,33,37,38). The molecule has 1 amide bonds. The van der Waals surface area contributed by atoms with Crippen LogP contribution in [0.5, 0.6) is 17.2 Å².